The number of carbonyl (C=O) groups is 1. The molecule has 17 heavy (non-hydrogen) atoms. The van der Waals surface area contributed by atoms with Crippen molar-refractivity contribution in [2.45, 2.75) is 29.7 Å². The molecule has 0 amide bonds. The van der Waals surface area contributed by atoms with Crippen molar-refractivity contribution in [3.8, 4) is 0 Å². The zero-order chi connectivity index (χ0) is 12.9. The molecule has 2 N–H and O–H groups in total. The van der Waals surface area contributed by atoms with Crippen LogP contribution in [-0.2, 0) is 4.79 Å². The highest BCUT2D eigenvalue weighted by Crippen LogP contribution is 2.41. The molecule has 1 rings (SSSR count). The molecule has 0 fully saturated rings. The van der Waals surface area contributed by atoms with Gasteiger partial charge in [0.15, 0.2) is 0 Å². The molecule has 4 nitrogen and oxygen atoms in total. The largest absolute Gasteiger partial charge is 0.480 e. The van der Waals surface area contributed by atoms with Gasteiger partial charge in [-0.05, 0) is 43.8 Å². The van der Waals surface area contributed by atoms with Crippen LogP contribution >= 0.6 is 21.6 Å². The van der Waals surface area contributed by atoms with Gasteiger partial charge in [0.25, 0.3) is 0 Å². The number of hydrogen-bond donors (Lipinski definition) is 2. The van der Waals surface area contributed by atoms with Gasteiger partial charge in [0, 0.05) is 10.9 Å². The quantitative estimate of drug-likeness (QED) is 0.775. The first kappa shape index (κ1) is 14.3. The van der Waals surface area contributed by atoms with Crippen LogP contribution < -0.4 is 5.32 Å². The first-order valence-electron chi connectivity index (χ1n) is 5.14. The summed E-state index contributed by atoms with van der Waals surface area (Å²) in [5, 5.41) is 12.8. The molecule has 6 heteroatoms. The van der Waals surface area contributed by atoms with Gasteiger partial charge in [0.1, 0.15) is 11.1 Å². The van der Waals surface area contributed by atoms with Crippen LogP contribution in [0.15, 0.2) is 29.4 Å². The topological polar surface area (TPSA) is 62.2 Å². The molecule has 0 saturated heterocycles. The maximum atomic E-state index is 11.1. The highest BCUT2D eigenvalue weighted by molar-refractivity contribution is 8.77. The number of hydrogen-bond acceptors (Lipinski definition) is 5. The van der Waals surface area contributed by atoms with Crippen molar-refractivity contribution < 1.29 is 9.90 Å². The van der Waals surface area contributed by atoms with Crippen LogP contribution in [0.25, 0.3) is 0 Å². The standard InChI is InChI=1S/C11H16N2O2S2/c1-11(2,9(12-3)10(14)15)17-16-8-6-4-5-7-13-8/h4-7,9,12H,1-3H3,(H,14,15). The second-order valence-electron chi connectivity index (χ2n) is 4.00. The van der Waals surface area contributed by atoms with Crippen LogP contribution in [0, 0.1) is 0 Å². The van der Waals surface area contributed by atoms with Crippen LogP contribution in [0.3, 0.4) is 0 Å². The van der Waals surface area contributed by atoms with Gasteiger partial charge in [0.2, 0.25) is 0 Å². The summed E-state index contributed by atoms with van der Waals surface area (Å²) in [6.07, 6.45) is 1.72. The highest BCUT2D eigenvalue weighted by atomic mass is 33.1. The number of pyridine rings is 1. The average molecular weight is 272 g/mol. The second-order valence-corrected chi connectivity index (χ2v) is 6.80. The van der Waals surface area contributed by atoms with E-state index in [4.69, 9.17) is 5.11 Å². The minimum absolute atomic E-state index is 0.428. The van der Waals surface area contributed by atoms with Crippen molar-refractivity contribution in [1.82, 2.24) is 10.3 Å². The fourth-order valence-electron chi connectivity index (χ4n) is 1.36. The van der Waals surface area contributed by atoms with E-state index < -0.39 is 16.8 Å². The summed E-state index contributed by atoms with van der Waals surface area (Å²) >= 11 is 0. The maximum absolute atomic E-state index is 11.1. The Morgan fingerprint density at radius 3 is 2.71 bits per heavy atom. The molecule has 0 radical (unpaired) electrons. The fraction of sp³-hybridized carbons (Fsp3) is 0.455. The number of aromatic nitrogens is 1. The lowest BCUT2D eigenvalue weighted by Crippen LogP contribution is -2.48. The SMILES string of the molecule is CNC(C(=O)O)C(C)(C)SSc1ccccn1. The van der Waals surface area contributed by atoms with Gasteiger partial charge >= 0.3 is 5.97 Å². The lowest BCUT2D eigenvalue weighted by Gasteiger charge is -2.29. The maximum Gasteiger partial charge on any atom is 0.322 e. The van der Waals surface area contributed by atoms with Crippen LogP contribution in [-0.4, -0.2) is 33.9 Å². The van der Waals surface area contributed by atoms with Gasteiger partial charge in [0.05, 0.1) is 0 Å². The number of rotatable bonds is 6. The smallest absolute Gasteiger partial charge is 0.322 e. The normalized spacial score (nSPS) is 13.4. The van der Waals surface area contributed by atoms with Crippen LogP contribution in [0.5, 0.6) is 0 Å². The van der Waals surface area contributed by atoms with E-state index in [2.05, 4.69) is 10.3 Å². The van der Waals surface area contributed by atoms with Crippen molar-refractivity contribution in [2.75, 3.05) is 7.05 Å². The van der Waals surface area contributed by atoms with Gasteiger partial charge in [-0.2, -0.15) is 0 Å². The Morgan fingerprint density at radius 1 is 1.53 bits per heavy atom. The summed E-state index contributed by atoms with van der Waals surface area (Å²) in [5.41, 5.74) is 0. The number of carboxylic acid groups (broad SMARTS) is 1. The molecular weight excluding hydrogens is 256 g/mol. The summed E-state index contributed by atoms with van der Waals surface area (Å²) in [7, 11) is 4.65. The van der Waals surface area contributed by atoms with E-state index in [0.29, 0.717) is 0 Å². The van der Waals surface area contributed by atoms with Crippen molar-refractivity contribution in [3.05, 3.63) is 24.4 Å². The Balaban J connectivity index is 2.63. The van der Waals surface area contributed by atoms with Crippen molar-refractivity contribution in [1.29, 1.82) is 0 Å². The molecule has 0 bridgehead atoms. The third-order valence-electron chi connectivity index (χ3n) is 2.21. The second kappa shape index (κ2) is 6.28. The van der Waals surface area contributed by atoms with E-state index in [1.165, 1.54) is 21.6 Å². The molecule has 1 atom stereocenters. The fourth-order valence-corrected chi connectivity index (χ4v) is 3.70. The van der Waals surface area contributed by atoms with Gasteiger partial charge in [-0.25, -0.2) is 4.98 Å². The third-order valence-corrected chi connectivity index (χ3v) is 5.42. The molecule has 0 spiro atoms. The number of nitrogens with one attached hydrogen (secondary N) is 1. The molecule has 1 unspecified atom stereocenters. The summed E-state index contributed by atoms with van der Waals surface area (Å²) in [6.45, 7) is 3.81. The summed E-state index contributed by atoms with van der Waals surface area (Å²) < 4.78 is -0.428. The van der Waals surface area contributed by atoms with E-state index in [0.717, 1.165) is 5.03 Å². The molecular formula is C11H16N2O2S2. The van der Waals surface area contributed by atoms with Crippen LogP contribution in [0.1, 0.15) is 13.8 Å². The molecule has 0 aliphatic rings. The molecule has 0 aliphatic heterocycles. The summed E-state index contributed by atoms with van der Waals surface area (Å²) in [5.74, 6) is -0.841. The zero-order valence-electron chi connectivity index (χ0n) is 10.0. The Labute approximate surface area is 109 Å². The molecule has 0 aromatic carbocycles. The Morgan fingerprint density at radius 2 is 2.24 bits per heavy atom. The monoisotopic (exact) mass is 272 g/mol. The predicted molar refractivity (Wildman–Crippen MR) is 72.2 cm³/mol. The van der Waals surface area contributed by atoms with E-state index in [1.807, 2.05) is 32.0 Å². The van der Waals surface area contributed by atoms with Crippen molar-refractivity contribution >= 4 is 27.6 Å². The minimum atomic E-state index is -0.841. The van der Waals surface area contributed by atoms with E-state index in [1.54, 1.807) is 13.2 Å². The molecule has 1 aromatic heterocycles. The molecule has 1 aromatic rings. The van der Waals surface area contributed by atoms with E-state index in [9.17, 15) is 4.79 Å². The Kier molecular flexibility index (Phi) is 5.30. The van der Waals surface area contributed by atoms with Gasteiger partial charge in [-0.1, -0.05) is 16.9 Å². The summed E-state index contributed by atoms with van der Waals surface area (Å²) in [4.78, 5) is 15.3. The van der Waals surface area contributed by atoms with Crippen molar-refractivity contribution in [3.63, 3.8) is 0 Å². The number of likely N-dealkylation sites (N-methyl/N-ethyl adjacent to an activating group) is 1. The molecule has 0 saturated carbocycles. The lowest BCUT2D eigenvalue weighted by atomic mass is 10.0. The first-order chi connectivity index (χ1) is 7.97. The van der Waals surface area contributed by atoms with Gasteiger partial charge in [-0.15, -0.1) is 0 Å². The number of aliphatic carboxylic acids is 1. The summed E-state index contributed by atoms with van der Waals surface area (Å²) in [6, 6.07) is 5.08. The molecule has 94 valence electrons. The minimum Gasteiger partial charge on any atom is -0.480 e. The lowest BCUT2D eigenvalue weighted by molar-refractivity contribution is -0.139. The predicted octanol–water partition coefficient (Wildman–Crippen LogP) is 2.27. The van der Waals surface area contributed by atoms with Gasteiger partial charge < -0.3 is 10.4 Å². The number of carboxylic acids is 1. The zero-order valence-corrected chi connectivity index (χ0v) is 11.6. The average Bonchev–Trinajstić information content (AvgIpc) is 2.28. The van der Waals surface area contributed by atoms with Crippen LogP contribution in [0.2, 0.25) is 0 Å². The Hall–Kier alpha value is -0.720. The first-order valence-corrected chi connectivity index (χ1v) is 7.29. The van der Waals surface area contributed by atoms with E-state index in [-0.39, 0.29) is 0 Å². The molecule has 1 heterocycles. The Bertz CT molecular complexity index is 371. The van der Waals surface area contributed by atoms with Gasteiger partial charge in [-0.3, -0.25) is 4.79 Å². The highest BCUT2D eigenvalue weighted by Gasteiger charge is 2.35. The van der Waals surface area contributed by atoms with Crippen molar-refractivity contribution in [2.24, 2.45) is 0 Å². The molecule has 0 aliphatic carbocycles. The van der Waals surface area contributed by atoms with E-state index >= 15 is 0 Å². The van der Waals surface area contributed by atoms with Crippen LogP contribution in [0.4, 0.5) is 0 Å². The number of nitrogens with zero attached hydrogens (tertiary/aromatic N) is 1. The third kappa shape index (κ3) is 4.22.